The molecule has 1 amide bonds. The number of nitrogens with one attached hydrogen (secondary N) is 3. The summed E-state index contributed by atoms with van der Waals surface area (Å²) < 4.78 is 1.96. The van der Waals surface area contributed by atoms with Gasteiger partial charge in [0.1, 0.15) is 0 Å². The standard InChI is InChI=1S/C21H17ClN4O3/c22-14-5-3-13(4-6-14)18(26-9-1-2-10-26)12-19(27)23-15-7-8-16-17(11-15)25-21(29)20(28)24-16/h1-11,18H,12H2,(H,23,27)(H,24,28)(H,25,29)/t18-/m1/s1. The molecule has 0 saturated carbocycles. The summed E-state index contributed by atoms with van der Waals surface area (Å²) in [6.45, 7) is 0. The molecule has 0 saturated heterocycles. The third-order valence-corrected chi connectivity index (χ3v) is 4.88. The Kier molecular flexibility index (Phi) is 5.05. The van der Waals surface area contributed by atoms with Gasteiger partial charge in [-0.3, -0.25) is 14.4 Å². The van der Waals surface area contributed by atoms with Gasteiger partial charge in [0.05, 0.1) is 23.5 Å². The van der Waals surface area contributed by atoms with E-state index in [9.17, 15) is 14.4 Å². The van der Waals surface area contributed by atoms with Crippen molar-refractivity contribution < 1.29 is 4.79 Å². The number of aromatic nitrogens is 3. The number of carbonyl (C=O) groups excluding carboxylic acids is 1. The summed E-state index contributed by atoms with van der Waals surface area (Å²) in [6, 6.07) is 15.9. The molecule has 1 atom stereocenters. The molecule has 0 bridgehead atoms. The average Bonchev–Trinajstić information content (AvgIpc) is 3.23. The molecular formula is C21H17ClN4O3. The summed E-state index contributed by atoms with van der Waals surface area (Å²) in [5.41, 5.74) is 0.947. The van der Waals surface area contributed by atoms with Gasteiger partial charge >= 0.3 is 11.1 Å². The highest BCUT2D eigenvalue weighted by atomic mass is 35.5. The van der Waals surface area contributed by atoms with Crippen LogP contribution in [0.25, 0.3) is 11.0 Å². The van der Waals surface area contributed by atoms with E-state index in [1.54, 1.807) is 30.3 Å². The van der Waals surface area contributed by atoms with Gasteiger partial charge in [0.2, 0.25) is 5.91 Å². The molecule has 3 N–H and O–H groups in total. The lowest BCUT2D eigenvalue weighted by Gasteiger charge is -2.19. The molecule has 8 heteroatoms. The van der Waals surface area contributed by atoms with Crippen LogP contribution >= 0.6 is 11.6 Å². The van der Waals surface area contributed by atoms with Crippen molar-refractivity contribution in [1.82, 2.24) is 14.5 Å². The van der Waals surface area contributed by atoms with Crippen molar-refractivity contribution >= 4 is 34.2 Å². The third kappa shape index (κ3) is 4.14. The van der Waals surface area contributed by atoms with E-state index in [4.69, 9.17) is 11.6 Å². The smallest absolute Gasteiger partial charge is 0.314 e. The predicted octanol–water partition coefficient (Wildman–Crippen LogP) is 3.29. The number of nitrogens with zero attached hydrogens (tertiary/aromatic N) is 1. The van der Waals surface area contributed by atoms with Gasteiger partial charge in [-0.15, -0.1) is 0 Å². The normalized spacial score (nSPS) is 12.0. The van der Waals surface area contributed by atoms with E-state index in [0.29, 0.717) is 21.7 Å². The Bertz CT molecular complexity index is 1270. The van der Waals surface area contributed by atoms with Crippen molar-refractivity contribution in [2.75, 3.05) is 5.32 Å². The van der Waals surface area contributed by atoms with Crippen LogP contribution in [0.3, 0.4) is 0 Å². The Hall–Kier alpha value is -3.58. The maximum Gasteiger partial charge on any atom is 0.314 e. The zero-order valence-corrected chi connectivity index (χ0v) is 15.9. The van der Waals surface area contributed by atoms with Gasteiger partial charge < -0.3 is 19.9 Å². The highest BCUT2D eigenvalue weighted by molar-refractivity contribution is 6.30. The first-order chi connectivity index (χ1) is 14.0. The Morgan fingerprint density at radius 1 is 0.966 bits per heavy atom. The van der Waals surface area contributed by atoms with Crippen LogP contribution in [0.2, 0.25) is 5.02 Å². The van der Waals surface area contributed by atoms with Crippen molar-refractivity contribution in [2.24, 2.45) is 0 Å². The first-order valence-electron chi connectivity index (χ1n) is 8.94. The SMILES string of the molecule is O=C(C[C@H](c1ccc(Cl)cc1)n1cccc1)Nc1ccc2[nH]c(=O)c(=O)[nH]c2c1. The average molecular weight is 409 g/mol. The molecular weight excluding hydrogens is 392 g/mol. The Labute approximate surface area is 170 Å². The highest BCUT2D eigenvalue weighted by Gasteiger charge is 2.18. The number of carbonyl (C=O) groups is 1. The molecule has 0 aliphatic rings. The molecule has 2 aromatic heterocycles. The fourth-order valence-electron chi connectivity index (χ4n) is 3.22. The minimum Gasteiger partial charge on any atom is -0.346 e. The van der Waals surface area contributed by atoms with Crippen molar-refractivity contribution in [3.63, 3.8) is 0 Å². The predicted molar refractivity (Wildman–Crippen MR) is 112 cm³/mol. The number of benzene rings is 2. The largest absolute Gasteiger partial charge is 0.346 e. The van der Waals surface area contributed by atoms with Crippen LogP contribution in [-0.4, -0.2) is 20.4 Å². The lowest BCUT2D eigenvalue weighted by Crippen LogP contribution is -2.28. The molecule has 4 aromatic rings. The molecule has 4 rings (SSSR count). The molecule has 146 valence electrons. The van der Waals surface area contributed by atoms with Crippen LogP contribution in [0.4, 0.5) is 5.69 Å². The fraction of sp³-hybridized carbons (Fsp3) is 0.0952. The zero-order chi connectivity index (χ0) is 20.4. The first-order valence-corrected chi connectivity index (χ1v) is 9.31. The van der Waals surface area contributed by atoms with E-state index >= 15 is 0 Å². The Morgan fingerprint density at radius 2 is 1.62 bits per heavy atom. The van der Waals surface area contributed by atoms with Gasteiger partial charge in [0.25, 0.3) is 0 Å². The van der Waals surface area contributed by atoms with Crippen LogP contribution in [0.5, 0.6) is 0 Å². The van der Waals surface area contributed by atoms with Gasteiger partial charge in [-0.2, -0.15) is 0 Å². The first kappa shape index (κ1) is 18.8. The van der Waals surface area contributed by atoms with E-state index in [1.165, 1.54) is 0 Å². The lowest BCUT2D eigenvalue weighted by molar-refractivity contribution is -0.116. The van der Waals surface area contributed by atoms with Gasteiger partial charge in [0, 0.05) is 23.1 Å². The number of rotatable bonds is 5. The number of amides is 1. The van der Waals surface area contributed by atoms with Gasteiger partial charge in [-0.1, -0.05) is 23.7 Å². The molecule has 0 radical (unpaired) electrons. The monoisotopic (exact) mass is 408 g/mol. The Morgan fingerprint density at radius 3 is 2.31 bits per heavy atom. The van der Waals surface area contributed by atoms with E-state index in [0.717, 1.165) is 5.56 Å². The second-order valence-corrected chi connectivity index (χ2v) is 7.05. The lowest BCUT2D eigenvalue weighted by atomic mass is 10.0. The summed E-state index contributed by atoms with van der Waals surface area (Å²) in [5.74, 6) is -0.190. The molecule has 29 heavy (non-hydrogen) atoms. The van der Waals surface area contributed by atoms with Gasteiger partial charge in [-0.25, -0.2) is 0 Å². The number of hydrogen-bond donors (Lipinski definition) is 3. The third-order valence-electron chi connectivity index (χ3n) is 4.63. The molecule has 0 fully saturated rings. The number of anilines is 1. The second-order valence-electron chi connectivity index (χ2n) is 6.62. The zero-order valence-electron chi connectivity index (χ0n) is 15.2. The van der Waals surface area contributed by atoms with Crippen molar-refractivity contribution in [3.05, 3.63) is 98.3 Å². The number of halogens is 1. The number of H-pyrrole nitrogens is 2. The van der Waals surface area contributed by atoms with Crippen molar-refractivity contribution in [1.29, 1.82) is 0 Å². The Balaban J connectivity index is 1.57. The van der Waals surface area contributed by atoms with Crippen LogP contribution in [0, 0.1) is 0 Å². The summed E-state index contributed by atoms with van der Waals surface area (Å²) in [6.07, 6.45) is 4.02. The highest BCUT2D eigenvalue weighted by Crippen LogP contribution is 2.25. The number of fused-ring (bicyclic) bond motifs is 1. The summed E-state index contributed by atoms with van der Waals surface area (Å²) >= 11 is 5.99. The van der Waals surface area contributed by atoms with E-state index < -0.39 is 11.1 Å². The fourth-order valence-corrected chi connectivity index (χ4v) is 3.34. The van der Waals surface area contributed by atoms with Crippen LogP contribution in [0.15, 0.2) is 76.6 Å². The van der Waals surface area contributed by atoms with Crippen LogP contribution in [0.1, 0.15) is 18.0 Å². The maximum absolute atomic E-state index is 12.7. The van der Waals surface area contributed by atoms with Crippen molar-refractivity contribution in [3.8, 4) is 0 Å². The van der Waals surface area contributed by atoms with Gasteiger partial charge in [0.15, 0.2) is 0 Å². The van der Waals surface area contributed by atoms with Crippen LogP contribution in [-0.2, 0) is 4.79 Å². The number of hydrogen-bond acceptors (Lipinski definition) is 3. The summed E-state index contributed by atoms with van der Waals surface area (Å²) in [4.78, 5) is 40.7. The molecule has 0 unspecified atom stereocenters. The molecule has 0 aliphatic carbocycles. The summed E-state index contributed by atoms with van der Waals surface area (Å²) in [7, 11) is 0. The van der Waals surface area contributed by atoms with Crippen molar-refractivity contribution in [2.45, 2.75) is 12.5 Å². The minimum absolute atomic E-state index is 0.190. The van der Waals surface area contributed by atoms with E-state index in [1.807, 2.05) is 41.2 Å². The van der Waals surface area contributed by atoms with Gasteiger partial charge in [-0.05, 0) is 48.0 Å². The topological polar surface area (TPSA) is 99.8 Å². The molecule has 0 spiro atoms. The van der Waals surface area contributed by atoms with E-state index in [2.05, 4.69) is 15.3 Å². The number of aromatic amines is 2. The molecule has 0 aliphatic heterocycles. The molecule has 2 heterocycles. The second kappa shape index (κ2) is 7.81. The summed E-state index contributed by atoms with van der Waals surface area (Å²) in [5, 5.41) is 3.48. The van der Waals surface area contributed by atoms with Crippen LogP contribution < -0.4 is 16.4 Å². The van der Waals surface area contributed by atoms with E-state index in [-0.39, 0.29) is 18.4 Å². The molecule has 7 nitrogen and oxygen atoms in total. The minimum atomic E-state index is -0.739. The quantitative estimate of drug-likeness (QED) is 0.442. The molecule has 2 aromatic carbocycles. The maximum atomic E-state index is 12.7.